The average Bonchev–Trinajstić information content (AvgIpc) is 1.39. The quantitative estimate of drug-likeness (QED) is 0.0623. The van der Waals surface area contributed by atoms with E-state index in [1.165, 1.54) is 25.0 Å². The fourth-order valence-electron chi connectivity index (χ4n) is 12.6. The number of aromatic carboxylic acids is 2. The fraction of sp³-hybridized carbons (Fsp3) is 0.492. The zero-order valence-electron chi connectivity index (χ0n) is 50.1. The maximum Gasteiger partial charge on any atom is 0.522 e. The number of hydrogen-bond acceptors (Lipinski definition) is 13. The maximum atomic E-state index is 14.8. The van der Waals surface area contributed by atoms with Gasteiger partial charge in [0.15, 0.2) is 0 Å². The number of carbonyl (C=O) groups is 6. The Morgan fingerprint density at radius 3 is 2.01 bits per heavy atom. The second-order valence-corrected chi connectivity index (χ2v) is 27.6. The van der Waals surface area contributed by atoms with Gasteiger partial charge in [-0.05, 0) is 116 Å². The topological polar surface area (TPSA) is 294 Å². The first-order valence-corrected chi connectivity index (χ1v) is 32.9. The Morgan fingerprint density at radius 2 is 1.45 bits per heavy atom. The fourth-order valence-corrected chi connectivity index (χ4v) is 14.7. The van der Waals surface area contributed by atoms with Gasteiger partial charge in [0.1, 0.15) is 15.7 Å². The van der Waals surface area contributed by atoms with Crippen molar-refractivity contribution in [3.8, 4) is 5.75 Å². The van der Waals surface area contributed by atoms with Gasteiger partial charge in [0.2, 0.25) is 11.8 Å². The Morgan fingerprint density at radius 1 is 0.848 bits per heavy atom. The van der Waals surface area contributed by atoms with E-state index in [1.807, 2.05) is 38.8 Å². The number of allylic oxidation sites excluding steroid dienone is 1. The van der Waals surface area contributed by atoms with Crippen LogP contribution in [0, 0.1) is 17.8 Å². The molecular formula is C63H81ClF3N9O14S2. The highest BCUT2D eigenvalue weighted by molar-refractivity contribution is 7.92. The predicted molar refractivity (Wildman–Crippen MR) is 340 cm³/mol. The lowest BCUT2D eigenvalue weighted by Crippen LogP contribution is -2.49. The van der Waals surface area contributed by atoms with Crippen molar-refractivity contribution >= 4 is 72.9 Å². The minimum Gasteiger partial charge on any atom is -0.490 e. The lowest BCUT2D eigenvalue weighted by molar-refractivity contribution is -0.131. The number of carboxylic acid groups (broad SMARTS) is 2. The summed E-state index contributed by atoms with van der Waals surface area (Å²) in [5, 5.41) is 21.4. The van der Waals surface area contributed by atoms with Crippen LogP contribution in [0.3, 0.4) is 0 Å². The molecule has 6 atom stereocenters. The van der Waals surface area contributed by atoms with E-state index in [9.17, 15) is 46.1 Å². The van der Waals surface area contributed by atoms with Gasteiger partial charge >= 0.3 is 27.6 Å². The number of nitrogens with one attached hydrogen (secondary N) is 2. The number of methoxy groups -OCH3 is 1. The van der Waals surface area contributed by atoms with E-state index in [0.717, 1.165) is 86.1 Å². The van der Waals surface area contributed by atoms with Gasteiger partial charge in [-0.3, -0.25) is 28.5 Å². The Kier molecular flexibility index (Phi) is 23.2. The number of carboxylic acids is 2. The molecule has 1 saturated carbocycles. The molecule has 502 valence electrons. The number of anilines is 1. The van der Waals surface area contributed by atoms with Crippen molar-refractivity contribution in [1.82, 2.24) is 33.5 Å². The molecule has 23 nitrogen and oxygen atoms in total. The molecule has 12 rings (SSSR count). The highest BCUT2D eigenvalue weighted by Crippen LogP contribution is 2.47. The van der Waals surface area contributed by atoms with E-state index >= 15 is 0 Å². The number of alkyl halides is 3. The molecule has 2 bridgehead atoms. The molecular weight excluding hydrogens is 1260 g/mol. The number of benzene rings is 2. The van der Waals surface area contributed by atoms with Gasteiger partial charge in [-0.15, -0.1) is 4.36 Å². The van der Waals surface area contributed by atoms with Crippen molar-refractivity contribution in [2.45, 2.75) is 130 Å². The number of amides is 4. The first-order valence-electron chi connectivity index (χ1n) is 29.4. The molecule has 2 aromatic carbocycles. The Labute approximate surface area is 538 Å². The van der Waals surface area contributed by atoms with Crippen molar-refractivity contribution in [1.29, 1.82) is 0 Å². The predicted octanol–water partition coefficient (Wildman–Crippen LogP) is 9.07. The van der Waals surface area contributed by atoms with Gasteiger partial charge in [0.05, 0.1) is 53.9 Å². The standard InChI is InChI=1S/C42H50ClN5O6S.C10H12N2O3.C8H10N2O2.CHF3O3S.2CH4/c1-27-6-4-8-38(53-3)35-12-9-31(35)21-48-25-42(15-5-7-29-18-33(43)11-13-36(29)42)26-54-39-14-10-30(20-37(39)48)40(50)44-55(52,24-27)45-41(51)32-19-34-23-46(28(2)49)16-17-47(34)22-32;1-7(13)11-2-3-12-5-8(10(14)15)4-9(12)6-11;11-8(12)6-3-7-4-9-1-2-10(7)5-6;2-1(3,4)8(5,6)7;;/h4,8,10-11,13-14,18-20,22,27,31,35,38H,5-7,9,12,15-17,21,23-26H2,1-3H3,(H,44,45,50,51,52);4-5H,2-3,6H2,1H3,(H,14,15);3,5,9H,1-2,4H2,(H,11,12);(H,5,6,7);2*1H4/b8-4+;;;;;/t27-,31-,35+,38-,42-,55?;;;;;/m0...../s1. The Hall–Kier alpha value is -7.50. The molecule has 4 amide bonds. The molecule has 2 aliphatic carbocycles. The van der Waals surface area contributed by atoms with Gasteiger partial charge in [-0.2, -0.15) is 21.6 Å². The summed E-state index contributed by atoms with van der Waals surface area (Å²) in [7, 11) is -7.66. The maximum absolute atomic E-state index is 14.8. The molecule has 0 saturated heterocycles. The Balaban J connectivity index is 0.000000261. The zero-order chi connectivity index (χ0) is 65.0. The van der Waals surface area contributed by atoms with Gasteiger partial charge in [0.25, 0.3) is 11.8 Å². The number of fused-ring (bicyclic) bond motifs is 7. The molecule has 1 fully saturated rings. The largest absolute Gasteiger partial charge is 0.522 e. The van der Waals surface area contributed by atoms with Crippen LogP contribution in [0.2, 0.25) is 5.02 Å². The van der Waals surface area contributed by atoms with Crippen LogP contribution in [0.5, 0.6) is 5.75 Å². The van der Waals surface area contributed by atoms with E-state index in [-0.39, 0.29) is 61.0 Å². The van der Waals surface area contributed by atoms with E-state index in [0.29, 0.717) is 87.6 Å². The van der Waals surface area contributed by atoms with Crippen molar-refractivity contribution in [2.24, 2.45) is 22.1 Å². The summed E-state index contributed by atoms with van der Waals surface area (Å²) in [5.41, 5.74) is 1.53. The highest BCUT2D eigenvalue weighted by Gasteiger charge is 2.46. The third-order valence-electron chi connectivity index (χ3n) is 17.4. The second kappa shape index (κ2) is 29.6. The van der Waals surface area contributed by atoms with Crippen molar-refractivity contribution in [2.75, 3.05) is 57.1 Å². The van der Waals surface area contributed by atoms with E-state index < -0.39 is 49.3 Å². The number of hydrogen-bond donors (Lipinski definition) is 5. The van der Waals surface area contributed by atoms with Crippen LogP contribution in [0.4, 0.5) is 18.9 Å². The number of rotatable bonds is 5. The third kappa shape index (κ3) is 16.8. The Bertz CT molecular complexity index is 3830. The van der Waals surface area contributed by atoms with Gasteiger partial charge < -0.3 is 53.4 Å². The molecule has 5 aliphatic heterocycles. The summed E-state index contributed by atoms with van der Waals surface area (Å²) in [5.74, 6) is -1.81. The van der Waals surface area contributed by atoms with Crippen LogP contribution in [0.1, 0.15) is 137 Å². The van der Waals surface area contributed by atoms with Crippen LogP contribution in [0.25, 0.3) is 0 Å². The van der Waals surface area contributed by atoms with Crippen LogP contribution >= 0.6 is 11.6 Å². The normalized spacial score (nSPS) is 23.4. The summed E-state index contributed by atoms with van der Waals surface area (Å²) in [4.78, 5) is 78.2. The lowest BCUT2D eigenvalue weighted by atomic mass is 9.68. The van der Waals surface area contributed by atoms with E-state index in [2.05, 4.69) is 43.6 Å². The van der Waals surface area contributed by atoms with E-state index in [1.54, 1.807) is 59.8 Å². The molecule has 8 heterocycles. The monoisotopic (exact) mass is 1340 g/mol. The molecule has 5 aromatic rings. The van der Waals surface area contributed by atoms with Crippen molar-refractivity contribution < 1.29 is 78.8 Å². The molecule has 92 heavy (non-hydrogen) atoms. The third-order valence-corrected chi connectivity index (χ3v) is 20.2. The number of ether oxygens (including phenoxy) is 2. The summed E-state index contributed by atoms with van der Waals surface area (Å²) in [6.45, 7) is 12.8. The molecule has 3 aromatic heterocycles. The number of aromatic nitrogens is 3. The van der Waals surface area contributed by atoms with Gasteiger partial charge in [0, 0.05) is 132 Å². The molecule has 29 heteroatoms. The van der Waals surface area contributed by atoms with Crippen LogP contribution in [-0.2, 0) is 85.5 Å². The number of halogens is 4. The lowest BCUT2D eigenvalue weighted by Gasteiger charge is -2.46. The number of aryl methyl sites for hydroxylation is 1. The van der Waals surface area contributed by atoms with Crippen molar-refractivity contribution in [3.63, 3.8) is 0 Å². The van der Waals surface area contributed by atoms with Crippen LogP contribution in [0.15, 0.2) is 89.7 Å². The van der Waals surface area contributed by atoms with E-state index in [4.69, 9.17) is 44.3 Å². The van der Waals surface area contributed by atoms with Gasteiger partial charge in [-0.1, -0.05) is 51.6 Å². The summed E-state index contributed by atoms with van der Waals surface area (Å²) < 4.78 is 97.9. The molecule has 7 aliphatic rings. The minimum absolute atomic E-state index is 0. The summed E-state index contributed by atoms with van der Waals surface area (Å²) >= 11 is 6.47. The summed E-state index contributed by atoms with van der Waals surface area (Å²) in [6, 6.07) is 16.6. The molecule has 5 N–H and O–H groups in total. The first kappa shape index (κ1) is 71.9. The molecule has 1 unspecified atom stereocenters. The SMILES string of the molecule is C.C.CC(=O)N1CCn2cc(C(=O)O)cc2C1.CO[C@H]1/C=C/C[C@H](C)CS(=O)(NC(=O)c2cc3n(c2)CCN(C(C)=O)C3)=NC(=O)c2ccc3c(c2)N(C[C@@H]2CC[C@H]21)C[C@@]1(CCCc2cc(Cl)ccc21)CO3.O=C(O)c1cc2n(c1)CCNC2.O=S(=O)(O)C(F)(F)F. The number of nitrogens with zero attached hydrogens (tertiary/aromatic N) is 7. The zero-order valence-corrected chi connectivity index (χ0v) is 52.5. The molecule has 0 radical (unpaired) electrons. The average molecular weight is 1340 g/mol. The highest BCUT2D eigenvalue weighted by atomic mass is 35.5. The smallest absolute Gasteiger partial charge is 0.490 e. The molecule has 1 spiro atoms. The summed E-state index contributed by atoms with van der Waals surface area (Å²) in [6.07, 6.45) is 14.8. The first-order chi connectivity index (χ1) is 42.5. The minimum atomic E-state index is -5.84. The van der Waals surface area contributed by atoms with Crippen LogP contribution in [-0.4, -0.2) is 150 Å². The van der Waals surface area contributed by atoms with Gasteiger partial charge in [-0.25, -0.2) is 13.8 Å². The number of carbonyl (C=O) groups excluding carboxylic acids is 4. The second-order valence-electron chi connectivity index (χ2n) is 23.7. The van der Waals surface area contributed by atoms with Crippen LogP contribution < -0.4 is 19.7 Å². The van der Waals surface area contributed by atoms with Crippen molar-refractivity contribution in [3.05, 3.63) is 141 Å².